The van der Waals surface area contributed by atoms with Crippen molar-refractivity contribution < 1.29 is 24.1 Å². The van der Waals surface area contributed by atoms with E-state index in [4.69, 9.17) is 25.8 Å². The van der Waals surface area contributed by atoms with Gasteiger partial charge in [-0.15, -0.1) is 0 Å². The van der Waals surface area contributed by atoms with Crippen LogP contribution in [0, 0.1) is 0 Å². The molecule has 4 rings (SSSR count). The Balaban J connectivity index is 1.65. The van der Waals surface area contributed by atoms with Gasteiger partial charge in [0.05, 0.1) is 24.3 Å². The third-order valence-electron chi connectivity index (χ3n) is 5.23. The number of esters is 1. The van der Waals surface area contributed by atoms with Gasteiger partial charge >= 0.3 is 5.97 Å². The predicted octanol–water partition coefficient (Wildman–Crippen LogP) is 7.88. The third kappa shape index (κ3) is 6.57. The molecule has 190 valence electrons. The van der Waals surface area contributed by atoms with Crippen LogP contribution in [0.15, 0.2) is 92.4 Å². The van der Waals surface area contributed by atoms with Gasteiger partial charge in [-0.05, 0) is 60.5 Å². The van der Waals surface area contributed by atoms with E-state index in [-0.39, 0.29) is 17.9 Å². The maximum absolute atomic E-state index is 12.7. The van der Waals surface area contributed by atoms with E-state index in [1.54, 1.807) is 32.2 Å². The van der Waals surface area contributed by atoms with Crippen LogP contribution in [0.2, 0.25) is 5.02 Å². The van der Waals surface area contributed by atoms with Crippen molar-refractivity contribution in [3.8, 4) is 11.5 Å². The highest BCUT2D eigenvalue weighted by Crippen LogP contribution is 2.42. The molecule has 37 heavy (non-hydrogen) atoms. The van der Waals surface area contributed by atoms with Crippen LogP contribution < -0.4 is 9.47 Å². The smallest absolute Gasteiger partial charge is 0.344 e. The standard InChI is InChI=1S/C28H23BrClNO5S/c1-3-35-28(33)25-26(32)24(37-27(25)31-20-7-5-4-6-8-20)14-18-13-22(34-2)23(15-21(18)29)36-16-17-9-11-19(30)12-10-17/h4-15,32H,3,16H2,1-2H3/b24-14-,31-27?. The minimum absolute atomic E-state index is 0.0351. The number of para-hydroxylation sites is 1. The number of aliphatic hydroxyl groups excluding tert-OH is 1. The first-order chi connectivity index (χ1) is 17.9. The lowest BCUT2D eigenvalue weighted by atomic mass is 10.1. The first-order valence-corrected chi connectivity index (χ1v) is 13.3. The number of hydrogen-bond acceptors (Lipinski definition) is 7. The summed E-state index contributed by atoms with van der Waals surface area (Å²) in [5.74, 6) is 0.239. The lowest BCUT2D eigenvalue weighted by molar-refractivity contribution is -0.138. The van der Waals surface area contributed by atoms with Gasteiger partial charge in [-0.2, -0.15) is 0 Å². The van der Waals surface area contributed by atoms with Crippen LogP contribution in [-0.4, -0.2) is 29.8 Å². The number of nitrogens with zero attached hydrogens (tertiary/aromatic N) is 1. The molecule has 9 heteroatoms. The van der Waals surface area contributed by atoms with Crippen LogP contribution >= 0.6 is 39.3 Å². The number of rotatable bonds is 8. The minimum atomic E-state index is -0.631. The van der Waals surface area contributed by atoms with E-state index < -0.39 is 5.97 Å². The lowest BCUT2D eigenvalue weighted by Gasteiger charge is -2.13. The number of carbonyl (C=O) groups excluding carboxylic acids is 1. The first kappa shape index (κ1) is 26.9. The summed E-state index contributed by atoms with van der Waals surface area (Å²) in [5, 5.41) is 12.0. The zero-order chi connectivity index (χ0) is 26.4. The van der Waals surface area contributed by atoms with Gasteiger partial charge in [0.25, 0.3) is 0 Å². The molecular formula is C28H23BrClNO5S. The van der Waals surface area contributed by atoms with Crippen LogP contribution in [0.5, 0.6) is 11.5 Å². The number of ether oxygens (including phenoxy) is 3. The second kappa shape index (κ2) is 12.4. The molecule has 0 unspecified atom stereocenters. The average molecular weight is 601 g/mol. The molecule has 0 bridgehead atoms. The Hall–Kier alpha value is -3.20. The monoisotopic (exact) mass is 599 g/mol. The highest BCUT2D eigenvalue weighted by molar-refractivity contribution is 9.10. The normalized spacial score (nSPS) is 15.4. The van der Waals surface area contributed by atoms with Crippen molar-refractivity contribution in [3.63, 3.8) is 0 Å². The molecule has 0 saturated carbocycles. The second-order valence-electron chi connectivity index (χ2n) is 7.75. The molecule has 1 aliphatic rings. The summed E-state index contributed by atoms with van der Waals surface area (Å²) in [7, 11) is 1.56. The first-order valence-electron chi connectivity index (χ1n) is 11.3. The highest BCUT2D eigenvalue weighted by atomic mass is 79.9. The Bertz CT molecular complexity index is 1390. The maximum atomic E-state index is 12.7. The second-order valence-corrected chi connectivity index (χ2v) is 10.1. The van der Waals surface area contributed by atoms with E-state index in [1.165, 1.54) is 11.8 Å². The number of aliphatic imine (C=N–C) groups is 1. The Morgan fingerprint density at radius 2 is 1.84 bits per heavy atom. The largest absolute Gasteiger partial charge is 0.506 e. The molecule has 0 fully saturated rings. The fraction of sp³-hybridized carbons (Fsp3) is 0.143. The molecule has 1 heterocycles. The Morgan fingerprint density at radius 3 is 2.51 bits per heavy atom. The van der Waals surface area contributed by atoms with Crippen molar-refractivity contribution in [1.82, 2.24) is 0 Å². The predicted molar refractivity (Wildman–Crippen MR) is 152 cm³/mol. The zero-order valence-corrected chi connectivity index (χ0v) is 23.2. The molecule has 0 radical (unpaired) electrons. The van der Waals surface area contributed by atoms with Crippen molar-refractivity contribution in [2.24, 2.45) is 4.99 Å². The van der Waals surface area contributed by atoms with E-state index in [0.29, 0.717) is 48.8 Å². The lowest BCUT2D eigenvalue weighted by Crippen LogP contribution is -2.12. The number of thioether (sulfide) groups is 1. The quantitative estimate of drug-likeness (QED) is 0.265. The molecule has 0 amide bonds. The fourth-order valence-corrected chi connectivity index (χ4v) is 5.02. The number of hydrogen-bond donors (Lipinski definition) is 1. The van der Waals surface area contributed by atoms with Crippen molar-refractivity contribution in [1.29, 1.82) is 0 Å². The van der Waals surface area contributed by atoms with Gasteiger partial charge in [-0.1, -0.05) is 69.6 Å². The van der Waals surface area contributed by atoms with E-state index in [1.807, 2.05) is 54.6 Å². The molecule has 0 atom stereocenters. The number of halogens is 2. The van der Waals surface area contributed by atoms with Gasteiger partial charge < -0.3 is 19.3 Å². The molecule has 6 nitrogen and oxygen atoms in total. The molecule has 1 aliphatic heterocycles. The van der Waals surface area contributed by atoms with Crippen LogP contribution in [0.4, 0.5) is 5.69 Å². The summed E-state index contributed by atoms with van der Waals surface area (Å²) >= 11 is 10.7. The molecule has 3 aromatic rings. The number of aliphatic hydroxyl groups is 1. The molecular weight excluding hydrogens is 578 g/mol. The van der Waals surface area contributed by atoms with E-state index in [0.717, 1.165) is 5.56 Å². The van der Waals surface area contributed by atoms with Gasteiger partial charge in [0.15, 0.2) is 11.5 Å². The van der Waals surface area contributed by atoms with Crippen LogP contribution in [-0.2, 0) is 16.1 Å². The van der Waals surface area contributed by atoms with Crippen LogP contribution in [0.3, 0.4) is 0 Å². The molecule has 3 aromatic carbocycles. The molecule has 0 aromatic heterocycles. The van der Waals surface area contributed by atoms with Gasteiger partial charge in [0.2, 0.25) is 0 Å². The van der Waals surface area contributed by atoms with Crippen molar-refractivity contribution >= 4 is 62.1 Å². The van der Waals surface area contributed by atoms with Gasteiger partial charge in [0.1, 0.15) is 23.0 Å². The van der Waals surface area contributed by atoms with Gasteiger partial charge in [0, 0.05) is 9.50 Å². The van der Waals surface area contributed by atoms with E-state index in [2.05, 4.69) is 20.9 Å². The zero-order valence-electron chi connectivity index (χ0n) is 20.0. The van der Waals surface area contributed by atoms with Crippen molar-refractivity contribution in [3.05, 3.63) is 104 Å². The molecule has 0 spiro atoms. The Kier molecular flexibility index (Phi) is 8.97. The summed E-state index contributed by atoms with van der Waals surface area (Å²) in [5.41, 5.74) is 2.37. The number of carbonyl (C=O) groups is 1. The van der Waals surface area contributed by atoms with Gasteiger partial charge in [-0.3, -0.25) is 0 Å². The number of benzene rings is 3. The summed E-state index contributed by atoms with van der Waals surface area (Å²) in [4.78, 5) is 17.7. The van der Waals surface area contributed by atoms with Crippen LogP contribution in [0.25, 0.3) is 6.08 Å². The SMILES string of the molecule is CCOC(=O)C1=C(O)/C(=C/c2cc(OC)c(OCc3ccc(Cl)cc3)cc2Br)SC1=Nc1ccccc1. The van der Waals surface area contributed by atoms with Crippen molar-refractivity contribution in [2.75, 3.05) is 13.7 Å². The fourth-order valence-electron chi connectivity index (χ4n) is 3.43. The van der Waals surface area contributed by atoms with Crippen molar-refractivity contribution in [2.45, 2.75) is 13.5 Å². The summed E-state index contributed by atoms with van der Waals surface area (Å²) in [6.07, 6.45) is 1.75. The topological polar surface area (TPSA) is 77.4 Å². The molecule has 0 saturated heterocycles. The average Bonchev–Trinajstić information content (AvgIpc) is 3.19. The summed E-state index contributed by atoms with van der Waals surface area (Å²) < 4.78 is 17.4. The summed E-state index contributed by atoms with van der Waals surface area (Å²) in [6, 6.07) is 20.2. The molecule has 0 aliphatic carbocycles. The van der Waals surface area contributed by atoms with E-state index in [9.17, 15) is 9.90 Å². The minimum Gasteiger partial charge on any atom is -0.506 e. The molecule has 1 N–H and O–H groups in total. The Labute approximate surface area is 232 Å². The summed E-state index contributed by atoms with van der Waals surface area (Å²) in [6.45, 7) is 2.22. The Morgan fingerprint density at radius 1 is 1.11 bits per heavy atom. The van der Waals surface area contributed by atoms with Gasteiger partial charge in [-0.25, -0.2) is 9.79 Å². The number of methoxy groups -OCH3 is 1. The van der Waals surface area contributed by atoms with E-state index >= 15 is 0 Å². The maximum Gasteiger partial charge on any atom is 0.344 e. The third-order valence-corrected chi connectivity index (χ3v) is 7.19. The van der Waals surface area contributed by atoms with Crippen LogP contribution in [0.1, 0.15) is 18.1 Å². The highest BCUT2D eigenvalue weighted by Gasteiger charge is 2.33.